The number of anilines is 1. The Morgan fingerprint density at radius 2 is 1.62 bits per heavy atom. The molecule has 0 radical (unpaired) electrons. The number of benzene rings is 1. The molecule has 0 aliphatic heterocycles. The van der Waals surface area contributed by atoms with E-state index >= 15 is 0 Å². The largest absolute Gasteiger partial charge is 0.305 e. The van der Waals surface area contributed by atoms with Gasteiger partial charge in [-0.2, -0.15) is 0 Å². The summed E-state index contributed by atoms with van der Waals surface area (Å²) in [6, 6.07) is 18.8. The van der Waals surface area contributed by atoms with Gasteiger partial charge in [-0.25, -0.2) is 4.98 Å². The molecule has 0 bridgehead atoms. The zero-order chi connectivity index (χ0) is 14.5. The average Bonchev–Trinajstić information content (AvgIpc) is 2.57. The Morgan fingerprint density at radius 3 is 2.29 bits per heavy atom. The lowest BCUT2D eigenvalue weighted by atomic mass is 10.1. The summed E-state index contributed by atoms with van der Waals surface area (Å²) >= 11 is 0. The smallest absolute Gasteiger partial charge is 0.275 e. The van der Waals surface area contributed by atoms with Crippen LogP contribution in [-0.2, 0) is 0 Å². The topological polar surface area (TPSA) is 54.9 Å². The van der Waals surface area contributed by atoms with Gasteiger partial charge in [-0.15, -0.1) is 0 Å². The summed E-state index contributed by atoms with van der Waals surface area (Å²) in [5.41, 5.74) is 2.41. The van der Waals surface area contributed by atoms with Crippen molar-refractivity contribution in [2.75, 3.05) is 5.32 Å². The number of amides is 1. The minimum absolute atomic E-state index is 0.270. The van der Waals surface area contributed by atoms with Crippen LogP contribution < -0.4 is 5.32 Å². The molecule has 0 aliphatic carbocycles. The molecule has 4 heteroatoms. The third-order valence-electron chi connectivity index (χ3n) is 3.01. The van der Waals surface area contributed by atoms with E-state index in [-0.39, 0.29) is 5.91 Å². The van der Waals surface area contributed by atoms with Gasteiger partial charge >= 0.3 is 0 Å². The predicted molar refractivity (Wildman–Crippen MR) is 81.9 cm³/mol. The lowest BCUT2D eigenvalue weighted by molar-refractivity contribution is 0.102. The first-order valence-corrected chi connectivity index (χ1v) is 6.57. The van der Waals surface area contributed by atoms with E-state index < -0.39 is 0 Å². The van der Waals surface area contributed by atoms with Crippen molar-refractivity contribution in [1.29, 1.82) is 0 Å². The Hall–Kier alpha value is -3.01. The first-order valence-electron chi connectivity index (χ1n) is 6.57. The molecule has 0 spiro atoms. The quantitative estimate of drug-likeness (QED) is 0.797. The van der Waals surface area contributed by atoms with E-state index in [4.69, 9.17) is 0 Å². The van der Waals surface area contributed by atoms with Gasteiger partial charge in [0.05, 0.1) is 0 Å². The predicted octanol–water partition coefficient (Wildman–Crippen LogP) is 3.40. The summed E-state index contributed by atoms with van der Waals surface area (Å²) in [5.74, 6) is 0.241. The minimum atomic E-state index is -0.270. The van der Waals surface area contributed by atoms with Crippen LogP contribution in [0.5, 0.6) is 0 Å². The van der Waals surface area contributed by atoms with Crippen LogP contribution in [0.2, 0.25) is 0 Å². The summed E-state index contributed by atoms with van der Waals surface area (Å²) < 4.78 is 0. The number of nitrogens with one attached hydrogen (secondary N) is 1. The van der Waals surface area contributed by atoms with Gasteiger partial charge in [0, 0.05) is 18.0 Å². The highest BCUT2D eigenvalue weighted by Crippen LogP contribution is 2.17. The molecule has 1 amide bonds. The maximum Gasteiger partial charge on any atom is 0.275 e. The fraction of sp³-hybridized carbons (Fsp3) is 0. The lowest BCUT2D eigenvalue weighted by Crippen LogP contribution is -2.14. The first-order chi connectivity index (χ1) is 10.3. The van der Waals surface area contributed by atoms with Crippen LogP contribution in [0.25, 0.3) is 11.1 Å². The molecule has 2 heterocycles. The SMILES string of the molecule is O=C(Nc1ccccn1)c1ccc(-c2ccccc2)cn1. The van der Waals surface area contributed by atoms with Crippen molar-refractivity contribution in [3.05, 3.63) is 78.8 Å². The van der Waals surface area contributed by atoms with Crippen molar-refractivity contribution in [1.82, 2.24) is 9.97 Å². The van der Waals surface area contributed by atoms with Crippen molar-refractivity contribution in [2.45, 2.75) is 0 Å². The van der Waals surface area contributed by atoms with Crippen LogP contribution in [-0.4, -0.2) is 15.9 Å². The van der Waals surface area contributed by atoms with Crippen molar-refractivity contribution in [3.8, 4) is 11.1 Å². The van der Waals surface area contributed by atoms with E-state index in [1.165, 1.54) is 0 Å². The molecule has 102 valence electrons. The number of aromatic nitrogens is 2. The van der Waals surface area contributed by atoms with E-state index in [0.717, 1.165) is 11.1 Å². The second-order valence-corrected chi connectivity index (χ2v) is 4.47. The molecule has 1 aromatic carbocycles. The van der Waals surface area contributed by atoms with E-state index in [1.807, 2.05) is 42.5 Å². The van der Waals surface area contributed by atoms with Gasteiger partial charge in [0.2, 0.25) is 0 Å². The fourth-order valence-corrected chi connectivity index (χ4v) is 1.95. The van der Waals surface area contributed by atoms with Crippen LogP contribution in [0.1, 0.15) is 10.5 Å². The van der Waals surface area contributed by atoms with E-state index in [1.54, 1.807) is 30.6 Å². The molecule has 0 unspecified atom stereocenters. The highest BCUT2D eigenvalue weighted by Gasteiger charge is 2.08. The molecule has 0 saturated heterocycles. The zero-order valence-corrected chi connectivity index (χ0v) is 11.2. The van der Waals surface area contributed by atoms with Crippen LogP contribution >= 0.6 is 0 Å². The minimum Gasteiger partial charge on any atom is -0.305 e. The number of carbonyl (C=O) groups is 1. The van der Waals surface area contributed by atoms with Gasteiger partial charge in [-0.05, 0) is 23.8 Å². The summed E-state index contributed by atoms with van der Waals surface area (Å²) in [6.07, 6.45) is 3.32. The highest BCUT2D eigenvalue weighted by molar-refractivity contribution is 6.02. The molecule has 0 saturated carbocycles. The van der Waals surface area contributed by atoms with E-state index in [2.05, 4.69) is 15.3 Å². The molecule has 0 atom stereocenters. The Balaban J connectivity index is 1.77. The van der Waals surface area contributed by atoms with Crippen molar-refractivity contribution >= 4 is 11.7 Å². The normalized spacial score (nSPS) is 10.1. The second kappa shape index (κ2) is 5.96. The third kappa shape index (κ3) is 3.12. The van der Waals surface area contributed by atoms with Crippen LogP contribution in [0.15, 0.2) is 73.1 Å². The standard InChI is InChI=1S/C17H13N3O/c21-17(20-16-8-4-5-11-18-16)15-10-9-14(12-19-15)13-6-2-1-3-7-13/h1-12H,(H,18,20,21). The molecule has 3 aromatic rings. The van der Waals surface area contributed by atoms with E-state index in [0.29, 0.717) is 11.5 Å². The molecule has 0 fully saturated rings. The Bertz CT molecular complexity index is 725. The lowest BCUT2D eigenvalue weighted by Gasteiger charge is -2.05. The maximum atomic E-state index is 12.0. The van der Waals surface area contributed by atoms with Crippen molar-refractivity contribution < 1.29 is 4.79 Å². The fourth-order valence-electron chi connectivity index (χ4n) is 1.95. The number of rotatable bonds is 3. The van der Waals surface area contributed by atoms with Crippen LogP contribution in [0, 0.1) is 0 Å². The summed E-state index contributed by atoms with van der Waals surface area (Å²) in [7, 11) is 0. The summed E-state index contributed by atoms with van der Waals surface area (Å²) in [5, 5.41) is 2.70. The Morgan fingerprint density at radius 1 is 0.810 bits per heavy atom. The van der Waals surface area contributed by atoms with E-state index in [9.17, 15) is 4.79 Å². The van der Waals surface area contributed by atoms with Crippen LogP contribution in [0.4, 0.5) is 5.82 Å². The molecule has 4 nitrogen and oxygen atoms in total. The van der Waals surface area contributed by atoms with Gasteiger partial charge in [0.15, 0.2) is 0 Å². The van der Waals surface area contributed by atoms with Gasteiger partial charge in [0.25, 0.3) is 5.91 Å². The molecule has 1 N–H and O–H groups in total. The maximum absolute atomic E-state index is 12.0. The Labute approximate surface area is 122 Å². The Kier molecular flexibility index (Phi) is 3.69. The summed E-state index contributed by atoms with van der Waals surface area (Å²) in [6.45, 7) is 0. The van der Waals surface area contributed by atoms with Gasteiger partial charge in [-0.1, -0.05) is 42.5 Å². The molecular weight excluding hydrogens is 262 g/mol. The second-order valence-electron chi connectivity index (χ2n) is 4.47. The number of nitrogens with zero attached hydrogens (tertiary/aromatic N) is 2. The van der Waals surface area contributed by atoms with Crippen molar-refractivity contribution in [3.63, 3.8) is 0 Å². The van der Waals surface area contributed by atoms with Crippen molar-refractivity contribution in [2.24, 2.45) is 0 Å². The van der Waals surface area contributed by atoms with Gasteiger partial charge < -0.3 is 5.32 Å². The number of hydrogen-bond acceptors (Lipinski definition) is 3. The van der Waals surface area contributed by atoms with Crippen LogP contribution in [0.3, 0.4) is 0 Å². The number of carbonyl (C=O) groups excluding carboxylic acids is 1. The first kappa shape index (κ1) is 13.0. The summed E-state index contributed by atoms with van der Waals surface area (Å²) in [4.78, 5) is 20.3. The molecule has 3 rings (SSSR count). The van der Waals surface area contributed by atoms with Gasteiger partial charge in [0.1, 0.15) is 11.5 Å². The molecule has 0 aliphatic rings. The number of pyridine rings is 2. The molecule has 2 aromatic heterocycles. The van der Waals surface area contributed by atoms with Gasteiger partial charge in [-0.3, -0.25) is 9.78 Å². The average molecular weight is 275 g/mol. The zero-order valence-electron chi connectivity index (χ0n) is 11.2. The molecule has 21 heavy (non-hydrogen) atoms. The third-order valence-corrected chi connectivity index (χ3v) is 3.01. The molecular formula is C17H13N3O. The highest BCUT2D eigenvalue weighted by atomic mass is 16.1. The monoisotopic (exact) mass is 275 g/mol. The number of hydrogen-bond donors (Lipinski definition) is 1.